The van der Waals surface area contributed by atoms with Gasteiger partial charge in [-0.15, -0.1) is 0 Å². The summed E-state index contributed by atoms with van der Waals surface area (Å²) in [5, 5.41) is 0.829. The zero-order chi connectivity index (χ0) is 20.2. The van der Waals surface area contributed by atoms with Crippen LogP contribution in [-0.2, 0) is 22.4 Å². The first-order valence-corrected chi connectivity index (χ1v) is 11.1. The lowest BCUT2D eigenvalue weighted by atomic mass is 9.97. The van der Waals surface area contributed by atoms with Crippen molar-refractivity contribution < 1.29 is 14.3 Å². The van der Waals surface area contributed by atoms with E-state index in [-0.39, 0.29) is 24.5 Å². The number of aryl methyl sites for hydroxylation is 1. The average Bonchev–Trinajstić information content (AvgIpc) is 3.00. The van der Waals surface area contributed by atoms with Crippen molar-refractivity contribution in [2.24, 2.45) is 0 Å². The van der Waals surface area contributed by atoms with Crippen LogP contribution in [0.3, 0.4) is 0 Å². The van der Waals surface area contributed by atoms with Crippen LogP contribution < -0.4 is 0 Å². The van der Waals surface area contributed by atoms with Gasteiger partial charge in [0.1, 0.15) is 0 Å². The molecule has 1 saturated heterocycles. The van der Waals surface area contributed by atoms with Crippen molar-refractivity contribution in [1.82, 2.24) is 9.88 Å². The number of benzene rings is 1. The average molecular weight is 395 g/mol. The Labute approximate surface area is 172 Å². The summed E-state index contributed by atoms with van der Waals surface area (Å²) in [4.78, 5) is 32.6. The molecule has 4 rings (SSSR count). The highest BCUT2D eigenvalue weighted by Crippen LogP contribution is 2.29. The molecule has 1 amide bonds. The Hall–Kier alpha value is -2.43. The van der Waals surface area contributed by atoms with Crippen LogP contribution in [-0.4, -0.2) is 41.0 Å². The summed E-state index contributed by atoms with van der Waals surface area (Å²) < 4.78 is 5.59. The summed E-state index contributed by atoms with van der Waals surface area (Å²) in [6.45, 7) is 2.70. The third-order valence-electron chi connectivity index (χ3n) is 6.37. The van der Waals surface area contributed by atoms with Crippen molar-refractivity contribution in [3.8, 4) is 0 Å². The van der Waals surface area contributed by atoms with E-state index in [0.717, 1.165) is 86.5 Å². The van der Waals surface area contributed by atoms with Crippen LogP contribution in [0, 0.1) is 0 Å². The highest BCUT2D eigenvalue weighted by Gasteiger charge is 2.27. The summed E-state index contributed by atoms with van der Waals surface area (Å²) >= 11 is 0. The van der Waals surface area contributed by atoms with Gasteiger partial charge in [-0.1, -0.05) is 31.5 Å². The van der Waals surface area contributed by atoms with Gasteiger partial charge in [0.05, 0.1) is 11.1 Å². The highest BCUT2D eigenvalue weighted by atomic mass is 16.5. The number of carbonyl (C=O) groups excluding carboxylic acids is 2. The number of hydrogen-bond donors (Lipinski definition) is 0. The second-order valence-corrected chi connectivity index (χ2v) is 8.21. The van der Waals surface area contributed by atoms with E-state index in [1.807, 2.05) is 29.2 Å². The minimum atomic E-state index is -0.389. The van der Waals surface area contributed by atoms with E-state index in [2.05, 4.69) is 6.92 Å². The van der Waals surface area contributed by atoms with Crippen molar-refractivity contribution in [3.05, 3.63) is 41.1 Å². The van der Waals surface area contributed by atoms with Gasteiger partial charge in [0, 0.05) is 23.7 Å². The van der Waals surface area contributed by atoms with E-state index in [4.69, 9.17) is 9.72 Å². The van der Waals surface area contributed by atoms with E-state index in [1.165, 1.54) is 0 Å². The van der Waals surface area contributed by atoms with Crippen LogP contribution in [0.2, 0.25) is 0 Å². The molecular formula is C24H30N2O3. The molecule has 1 atom stereocenters. The number of rotatable bonds is 4. The predicted molar refractivity (Wildman–Crippen MR) is 113 cm³/mol. The number of aromatic nitrogens is 1. The number of likely N-dealkylation sites (tertiary alicyclic amines) is 1. The van der Waals surface area contributed by atoms with Crippen LogP contribution in [0.15, 0.2) is 24.3 Å². The smallest absolute Gasteiger partial charge is 0.339 e. The van der Waals surface area contributed by atoms with E-state index >= 15 is 0 Å². The Kier molecular flexibility index (Phi) is 6.12. The first kappa shape index (κ1) is 19.9. The SMILES string of the molecule is CC[C@H]1CCCCN1C(=O)COC(=O)c1c2c(nc3ccccc13)CCCCC2. The number of esters is 1. The highest BCUT2D eigenvalue weighted by molar-refractivity contribution is 6.05. The van der Waals surface area contributed by atoms with Gasteiger partial charge in [-0.3, -0.25) is 9.78 Å². The van der Waals surface area contributed by atoms with Gasteiger partial charge in [-0.05, 0) is 63.0 Å². The molecule has 0 spiro atoms. The van der Waals surface area contributed by atoms with E-state index in [1.54, 1.807) is 0 Å². The maximum absolute atomic E-state index is 13.2. The van der Waals surface area contributed by atoms with Gasteiger partial charge in [-0.2, -0.15) is 0 Å². The second-order valence-electron chi connectivity index (χ2n) is 8.21. The zero-order valence-corrected chi connectivity index (χ0v) is 17.3. The van der Waals surface area contributed by atoms with Crippen molar-refractivity contribution in [2.75, 3.05) is 13.2 Å². The molecule has 29 heavy (non-hydrogen) atoms. The van der Waals surface area contributed by atoms with E-state index < -0.39 is 0 Å². The van der Waals surface area contributed by atoms with Crippen molar-refractivity contribution in [1.29, 1.82) is 0 Å². The predicted octanol–water partition coefficient (Wildman–Crippen LogP) is 4.45. The third-order valence-corrected chi connectivity index (χ3v) is 6.37. The van der Waals surface area contributed by atoms with Gasteiger partial charge < -0.3 is 9.64 Å². The molecular weight excluding hydrogens is 364 g/mol. The first-order chi connectivity index (χ1) is 14.2. The molecule has 1 aliphatic heterocycles. The van der Waals surface area contributed by atoms with E-state index in [9.17, 15) is 9.59 Å². The number of ether oxygens (including phenoxy) is 1. The molecule has 1 aliphatic carbocycles. The number of fused-ring (bicyclic) bond motifs is 2. The lowest BCUT2D eigenvalue weighted by Gasteiger charge is -2.35. The van der Waals surface area contributed by atoms with Crippen LogP contribution in [0.4, 0.5) is 0 Å². The zero-order valence-electron chi connectivity index (χ0n) is 17.3. The molecule has 0 radical (unpaired) electrons. The normalized spacial score (nSPS) is 19.5. The van der Waals surface area contributed by atoms with Gasteiger partial charge in [-0.25, -0.2) is 4.79 Å². The maximum Gasteiger partial charge on any atom is 0.339 e. The van der Waals surface area contributed by atoms with Gasteiger partial charge >= 0.3 is 5.97 Å². The van der Waals surface area contributed by atoms with Gasteiger partial charge in [0.2, 0.25) is 0 Å². The van der Waals surface area contributed by atoms with Crippen molar-refractivity contribution in [2.45, 2.75) is 70.8 Å². The fourth-order valence-corrected chi connectivity index (χ4v) is 4.82. The monoisotopic (exact) mass is 394 g/mol. The van der Waals surface area contributed by atoms with Gasteiger partial charge in [0.25, 0.3) is 5.91 Å². The number of pyridine rings is 1. The standard InChI is InChI=1S/C24H30N2O3/c1-2-17-10-8-9-15-26(17)22(27)16-29-24(28)23-18-11-4-3-5-13-20(18)25-21-14-7-6-12-19(21)23/h6-7,12,14,17H,2-5,8-11,13,15-16H2,1H3/t17-/m0/s1. The summed E-state index contributed by atoms with van der Waals surface area (Å²) in [6, 6.07) is 8.02. The van der Waals surface area contributed by atoms with Crippen LogP contribution in [0.5, 0.6) is 0 Å². The Morgan fingerprint density at radius 1 is 1.10 bits per heavy atom. The molecule has 1 aromatic carbocycles. The summed E-state index contributed by atoms with van der Waals surface area (Å²) in [7, 11) is 0. The van der Waals surface area contributed by atoms with Crippen LogP contribution in [0.1, 0.15) is 73.5 Å². The van der Waals surface area contributed by atoms with Crippen molar-refractivity contribution >= 4 is 22.8 Å². The topological polar surface area (TPSA) is 59.5 Å². The van der Waals surface area contributed by atoms with Gasteiger partial charge in [0.15, 0.2) is 6.61 Å². The quantitative estimate of drug-likeness (QED) is 0.568. The first-order valence-electron chi connectivity index (χ1n) is 11.1. The number of para-hydroxylation sites is 1. The molecule has 0 N–H and O–H groups in total. The minimum absolute atomic E-state index is 0.0747. The lowest BCUT2D eigenvalue weighted by molar-refractivity contribution is -0.138. The lowest BCUT2D eigenvalue weighted by Crippen LogP contribution is -2.45. The summed E-state index contributed by atoms with van der Waals surface area (Å²) in [5.41, 5.74) is 3.48. The number of carbonyl (C=O) groups is 2. The molecule has 5 nitrogen and oxygen atoms in total. The summed E-state index contributed by atoms with van der Waals surface area (Å²) in [5.74, 6) is -0.463. The molecule has 154 valence electrons. The largest absolute Gasteiger partial charge is 0.452 e. The number of nitrogens with zero attached hydrogens (tertiary/aromatic N) is 2. The Morgan fingerprint density at radius 3 is 2.79 bits per heavy atom. The fraction of sp³-hybridized carbons (Fsp3) is 0.542. The molecule has 5 heteroatoms. The summed E-state index contributed by atoms with van der Waals surface area (Å²) in [6.07, 6.45) is 9.21. The number of piperidine rings is 1. The Balaban J connectivity index is 1.58. The molecule has 2 heterocycles. The van der Waals surface area contributed by atoms with Crippen LogP contribution >= 0.6 is 0 Å². The molecule has 0 unspecified atom stereocenters. The van der Waals surface area contributed by atoms with Crippen molar-refractivity contribution in [3.63, 3.8) is 0 Å². The number of amides is 1. The Morgan fingerprint density at radius 2 is 1.93 bits per heavy atom. The fourth-order valence-electron chi connectivity index (χ4n) is 4.82. The minimum Gasteiger partial charge on any atom is -0.452 e. The molecule has 0 saturated carbocycles. The van der Waals surface area contributed by atoms with E-state index in [0.29, 0.717) is 5.56 Å². The van der Waals surface area contributed by atoms with Crippen LogP contribution in [0.25, 0.3) is 10.9 Å². The molecule has 2 aromatic rings. The molecule has 2 aliphatic rings. The molecule has 1 fully saturated rings. The Bertz CT molecular complexity index is 908. The third kappa shape index (κ3) is 4.14. The molecule has 1 aromatic heterocycles. The molecule has 0 bridgehead atoms. The second kappa shape index (κ2) is 8.93. The number of hydrogen-bond acceptors (Lipinski definition) is 4. The maximum atomic E-state index is 13.2.